The molecule has 0 saturated heterocycles. The summed E-state index contributed by atoms with van der Waals surface area (Å²) < 4.78 is 56.0. The maximum absolute atomic E-state index is 9.75. The summed E-state index contributed by atoms with van der Waals surface area (Å²) in [4.78, 5) is 3.73. The van der Waals surface area contributed by atoms with Gasteiger partial charge in [0, 0.05) is 18.4 Å². The van der Waals surface area contributed by atoms with Crippen LogP contribution < -0.4 is 19.8 Å². The predicted octanol–water partition coefficient (Wildman–Crippen LogP) is 4.34. The third-order valence-electron chi connectivity index (χ3n) is 5.06. The van der Waals surface area contributed by atoms with Crippen molar-refractivity contribution >= 4 is 18.2 Å². The van der Waals surface area contributed by atoms with Gasteiger partial charge in [-0.25, -0.2) is 4.99 Å². The van der Waals surface area contributed by atoms with Gasteiger partial charge in [-0.05, 0) is 43.2 Å². The first-order valence-corrected chi connectivity index (χ1v) is 10.0. The van der Waals surface area contributed by atoms with Crippen LogP contribution in [0, 0.1) is 0 Å². The molecule has 1 aromatic heterocycles. The maximum atomic E-state index is 9.75. The molecule has 1 heterocycles. The zero-order valence-corrected chi connectivity index (χ0v) is 17.3. The highest BCUT2D eigenvalue weighted by Crippen LogP contribution is 2.32. The van der Waals surface area contributed by atoms with Crippen molar-refractivity contribution in [3.63, 3.8) is 0 Å². The van der Waals surface area contributed by atoms with Crippen LogP contribution in [0.4, 0.5) is 17.3 Å². The van der Waals surface area contributed by atoms with E-state index in [0.717, 1.165) is 27.7 Å². The molecule has 3 aromatic rings. The molecule has 1 aliphatic rings. The van der Waals surface area contributed by atoms with Crippen LogP contribution in [0.25, 0.3) is 22.3 Å². The van der Waals surface area contributed by atoms with Crippen LogP contribution in [-0.4, -0.2) is 27.5 Å². The molecule has 1 N–H and O–H groups in total. The molecule has 0 radical (unpaired) electrons. The molecule has 2 aromatic carbocycles. The average molecular weight is 437 g/mol. The molecule has 9 heteroatoms. The lowest BCUT2D eigenvalue weighted by atomic mass is 10.1. The van der Waals surface area contributed by atoms with Gasteiger partial charge < -0.3 is 31.2 Å². The van der Waals surface area contributed by atoms with E-state index in [9.17, 15) is 17.3 Å². The average Bonchev–Trinajstić information content (AvgIpc) is 3.25. The van der Waals surface area contributed by atoms with Gasteiger partial charge in [0.15, 0.2) is 17.5 Å². The SMILES string of the molecule is COc1ccc(-c2cc(=[NH+]C3CCCC3)c3ccccc3o2)cc1OC.F[B-](F)(F)F. The van der Waals surface area contributed by atoms with Crippen LogP contribution in [0.2, 0.25) is 0 Å². The molecule has 4 rings (SSSR count). The highest BCUT2D eigenvalue weighted by molar-refractivity contribution is 6.50. The van der Waals surface area contributed by atoms with E-state index < -0.39 is 7.25 Å². The first kappa shape index (κ1) is 22.7. The van der Waals surface area contributed by atoms with E-state index in [1.807, 2.05) is 36.4 Å². The van der Waals surface area contributed by atoms with Crippen LogP contribution in [0.3, 0.4) is 0 Å². The summed E-state index contributed by atoms with van der Waals surface area (Å²) in [6.45, 7) is 0. The normalized spacial score (nSPS) is 15.0. The lowest BCUT2D eigenvalue weighted by molar-refractivity contribution is -0.540. The quantitative estimate of drug-likeness (QED) is 0.488. The molecule has 31 heavy (non-hydrogen) atoms. The Labute approximate surface area is 177 Å². The molecule has 0 bridgehead atoms. The van der Waals surface area contributed by atoms with E-state index in [1.54, 1.807) is 14.2 Å². The Morgan fingerprint density at radius 3 is 2.19 bits per heavy atom. The van der Waals surface area contributed by atoms with Crippen molar-refractivity contribution in [1.82, 2.24) is 0 Å². The minimum atomic E-state index is -6.00. The van der Waals surface area contributed by atoms with Crippen molar-refractivity contribution < 1.29 is 36.1 Å². The Bertz CT molecular complexity index is 1090. The second-order valence-electron chi connectivity index (χ2n) is 7.21. The Morgan fingerprint density at radius 2 is 1.55 bits per heavy atom. The standard InChI is InChI=1S/C22H23NO3.BF4/c1-24-20-12-11-15(13-22(20)25-2)21-14-18(23-16-7-3-4-8-16)17-9-5-6-10-19(17)26-21;2-1(3,4)5/h5-6,9-14,16H,3-4,7-8H2,1-2H3;/q;-1/p+1. The van der Waals surface area contributed by atoms with E-state index in [0.29, 0.717) is 17.5 Å². The molecule has 0 unspecified atom stereocenters. The van der Waals surface area contributed by atoms with E-state index in [4.69, 9.17) is 13.9 Å². The predicted molar refractivity (Wildman–Crippen MR) is 111 cm³/mol. The fraction of sp³-hybridized carbons (Fsp3) is 0.318. The molecule has 1 aliphatic carbocycles. The molecular weight excluding hydrogens is 413 g/mol. The van der Waals surface area contributed by atoms with Gasteiger partial charge in [0.2, 0.25) is 5.36 Å². The number of benzene rings is 2. The van der Waals surface area contributed by atoms with Crippen molar-refractivity contribution in [3.05, 3.63) is 53.9 Å². The third-order valence-corrected chi connectivity index (χ3v) is 5.06. The Morgan fingerprint density at radius 1 is 0.903 bits per heavy atom. The molecule has 0 aliphatic heterocycles. The molecule has 0 amide bonds. The fourth-order valence-corrected chi connectivity index (χ4v) is 3.68. The smallest absolute Gasteiger partial charge is 0.493 e. The Hall–Kier alpha value is -2.97. The van der Waals surface area contributed by atoms with E-state index in [-0.39, 0.29) is 0 Å². The minimum absolute atomic E-state index is 0.541. The number of rotatable bonds is 4. The summed E-state index contributed by atoms with van der Waals surface area (Å²) in [5.41, 5.74) is 1.84. The fourth-order valence-electron chi connectivity index (χ4n) is 3.68. The highest BCUT2D eigenvalue weighted by Gasteiger charge is 2.21. The molecule has 1 saturated carbocycles. The largest absolute Gasteiger partial charge is 0.673 e. The number of hydrogen-bond acceptors (Lipinski definition) is 3. The van der Waals surface area contributed by atoms with Crippen LogP contribution in [0.5, 0.6) is 11.5 Å². The summed E-state index contributed by atoms with van der Waals surface area (Å²) in [5, 5.41) is 2.24. The van der Waals surface area contributed by atoms with Crippen molar-refractivity contribution in [3.8, 4) is 22.8 Å². The van der Waals surface area contributed by atoms with Gasteiger partial charge in [0.1, 0.15) is 11.3 Å². The second kappa shape index (κ2) is 9.89. The van der Waals surface area contributed by atoms with Crippen LogP contribution in [-0.2, 0) is 0 Å². The first-order chi connectivity index (χ1) is 14.8. The first-order valence-electron chi connectivity index (χ1n) is 10.0. The summed E-state index contributed by atoms with van der Waals surface area (Å²) in [5.74, 6) is 2.21. The van der Waals surface area contributed by atoms with E-state index in [1.165, 1.54) is 25.7 Å². The Kier molecular flexibility index (Phi) is 7.25. The highest BCUT2D eigenvalue weighted by atomic mass is 19.5. The van der Waals surface area contributed by atoms with Crippen molar-refractivity contribution in [2.24, 2.45) is 0 Å². The lowest BCUT2D eigenvalue weighted by Gasteiger charge is -2.09. The number of halogens is 4. The van der Waals surface area contributed by atoms with Gasteiger partial charge in [-0.3, -0.25) is 0 Å². The summed E-state index contributed by atoms with van der Waals surface area (Å²) >= 11 is 0. The van der Waals surface area contributed by atoms with Crippen LogP contribution in [0.1, 0.15) is 25.7 Å². The summed E-state index contributed by atoms with van der Waals surface area (Å²) in [6, 6.07) is 16.7. The summed E-state index contributed by atoms with van der Waals surface area (Å²) in [6.07, 6.45) is 5.06. The molecule has 1 fully saturated rings. The van der Waals surface area contributed by atoms with Crippen molar-refractivity contribution in [1.29, 1.82) is 0 Å². The van der Waals surface area contributed by atoms with Gasteiger partial charge >= 0.3 is 7.25 Å². The monoisotopic (exact) mass is 437 g/mol. The second-order valence-corrected chi connectivity index (χ2v) is 7.21. The number of methoxy groups -OCH3 is 2. The molecule has 166 valence electrons. The molecular formula is C22H24BF4NO3. The van der Waals surface area contributed by atoms with Crippen molar-refractivity contribution in [2.45, 2.75) is 31.7 Å². The molecule has 0 atom stereocenters. The maximum Gasteiger partial charge on any atom is 0.673 e. The van der Waals surface area contributed by atoms with Gasteiger partial charge in [-0.2, -0.15) is 0 Å². The Balaban J connectivity index is 0.000000491. The van der Waals surface area contributed by atoms with Gasteiger partial charge in [0.05, 0.1) is 25.7 Å². The van der Waals surface area contributed by atoms with Gasteiger partial charge in [0.25, 0.3) is 0 Å². The number of ether oxygens (including phenoxy) is 2. The molecule has 4 nitrogen and oxygen atoms in total. The third kappa shape index (κ3) is 6.26. The van der Waals surface area contributed by atoms with E-state index >= 15 is 0 Å². The van der Waals surface area contributed by atoms with Gasteiger partial charge in [-0.15, -0.1) is 0 Å². The zero-order valence-electron chi connectivity index (χ0n) is 17.3. The molecule has 0 spiro atoms. The number of fused-ring (bicyclic) bond motifs is 1. The van der Waals surface area contributed by atoms with E-state index in [2.05, 4.69) is 17.1 Å². The van der Waals surface area contributed by atoms with Crippen LogP contribution in [0.15, 0.2) is 52.9 Å². The zero-order chi connectivity index (χ0) is 22.4. The van der Waals surface area contributed by atoms with Crippen LogP contribution >= 0.6 is 0 Å². The van der Waals surface area contributed by atoms with Crippen molar-refractivity contribution in [2.75, 3.05) is 14.2 Å². The topological polar surface area (TPSA) is 45.6 Å². The number of nitrogens with one attached hydrogen (secondary N) is 1. The van der Waals surface area contributed by atoms with Gasteiger partial charge in [-0.1, -0.05) is 12.1 Å². The minimum Gasteiger partial charge on any atom is -0.493 e. The number of para-hydroxylation sites is 1. The number of hydrogen-bond donors (Lipinski definition) is 1. The lowest BCUT2D eigenvalue weighted by Crippen LogP contribution is -2.82. The summed E-state index contributed by atoms with van der Waals surface area (Å²) in [7, 11) is -2.71.